The van der Waals surface area contributed by atoms with Crippen LogP contribution >= 0.6 is 0 Å². The van der Waals surface area contributed by atoms with E-state index >= 15 is 0 Å². The molecule has 23 heavy (non-hydrogen) atoms. The molecule has 1 unspecified atom stereocenters. The van der Waals surface area contributed by atoms with Gasteiger partial charge in [0.1, 0.15) is 0 Å². The maximum Gasteiger partial charge on any atom is 0.220 e. The fourth-order valence-corrected chi connectivity index (χ4v) is 3.64. The van der Waals surface area contributed by atoms with Crippen molar-refractivity contribution in [1.29, 1.82) is 0 Å². The first-order valence-corrected chi connectivity index (χ1v) is 9.26. The molecule has 1 saturated carbocycles. The van der Waals surface area contributed by atoms with Gasteiger partial charge in [-0.05, 0) is 69.5 Å². The lowest BCUT2D eigenvalue weighted by Crippen LogP contribution is -2.39. The normalized spacial score (nSPS) is 21.1. The number of amides is 1. The van der Waals surface area contributed by atoms with E-state index in [4.69, 9.17) is 0 Å². The summed E-state index contributed by atoms with van der Waals surface area (Å²) < 4.78 is 0. The smallest absolute Gasteiger partial charge is 0.220 e. The molecule has 1 amide bonds. The van der Waals surface area contributed by atoms with Crippen LogP contribution in [-0.2, 0) is 11.2 Å². The third-order valence-corrected chi connectivity index (χ3v) is 5.46. The standard InChI is InChI=1S/C20H30N2O/c1-16(19-7-8-19)21-20(23)15-18-10-13-22(14-11-18)12-9-17-5-3-2-4-6-17/h2-6,16,18-19H,7-15H2,1H3,(H,21,23). The van der Waals surface area contributed by atoms with E-state index in [1.807, 2.05) is 0 Å². The summed E-state index contributed by atoms with van der Waals surface area (Å²) in [6, 6.07) is 11.1. The number of rotatable bonds is 7. The molecule has 1 aliphatic carbocycles. The molecule has 1 aromatic rings. The van der Waals surface area contributed by atoms with E-state index in [0.29, 0.717) is 12.0 Å². The highest BCUT2D eigenvalue weighted by Crippen LogP contribution is 2.32. The van der Waals surface area contributed by atoms with Gasteiger partial charge >= 0.3 is 0 Å². The van der Waals surface area contributed by atoms with Gasteiger partial charge in [0.15, 0.2) is 0 Å². The average molecular weight is 314 g/mol. The van der Waals surface area contributed by atoms with Crippen LogP contribution in [0.2, 0.25) is 0 Å². The van der Waals surface area contributed by atoms with Gasteiger partial charge in [0, 0.05) is 19.0 Å². The van der Waals surface area contributed by atoms with Crippen molar-refractivity contribution in [2.24, 2.45) is 11.8 Å². The summed E-state index contributed by atoms with van der Waals surface area (Å²) in [4.78, 5) is 14.7. The Balaban J connectivity index is 1.32. The Hall–Kier alpha value is -1.35. The zero-order valence-electron chi connectivity index (χ0n) is 14.3. The largest absolute Gasteiger partial charge is 0.353 e. The van der Waals surface area contributed by atoms with Gasteiger partial charge in [-0.25, -0.2) is 0 Å². The Bertz CT molecular complexity index is 490. The van der Waals surface area contributed by atoms with Crippen LogP contribution in [0, 0.1) is 11.8 Å². The van der Waals surface area contributed by atoms with E-state index in [1.54, 1.807) is 0 Å². The lowest BCUT2D eigenvalue weighted by atomic mass is 9.93. The van der Waals surface area contributed by atoms with Crippen molar-refractivity contribution < 1.29 is 4.79 Å². The number of carbonyl (C=O) groups excluding carboxylic acids is 1. The third kappa shape index (κ3) is 5.35. The predicted octanol–water partition coefficient (Wildman–Crippen LogP) is 3.25. The molecule has 1 aliphatic heterocycles. The summed E-state index contributed by atoms with van der Waals surface area (Å²) in [6.07, 6.45) is 6.77. The van der Waals surface area contributed by atoms with Gasteiger partial charge in [-0.15, -0.1) is 0 Å². The average Bonchev–Trinajstić information content (AvgIpc) is 3.40. The molecule has 1 heterocycles. The third-order valence-electron chi connectivity index (χ3n) is 5.46. The lowest BCUT2D eigenvalue weighted by Gasteiger charge is -2.32. The first kappa shape index (κ1) is 16.5. The van der Waals surface area contributed by atoms with Crippen molar-refractivity contribution in [2.75, 3.05) is 19.6 Å². The molecule has 3 rings (SSSR count). The molecule has 0 spiro atoms. The summed E-state index contributed by atoms with van der Waals surface area (Å²) in [5.41, 5.74) is 1.42. The second-order valence-electron chi connectivity index (χ2n) is 7.42. The monoisotopic (exact) mass is 314 g/mol. The lowest BCUT2D eigenvalue weighted by molar-refractivity contribution is -0.123. The van der Waals surface area contributed by atoms with Crippen molar-refractivity contribution in [3.63, 3.8) is 0 Å². The maximum atomic E-state index is 12.1. The molecule has 1 aromatic carbocycles. The minimum absolute atomic E-state index is 0.270. The Kier molecular flexibility index (Phi) is 5.71. The van der Waals surface area contributed by atoms with E-state index in [9.17, 15) is 4.79 Å². The molecule has 3 nitrogen and oxygen atoms in total. The molecule has 2 fully saturated rings. The highest BCUT2D eigenvalue weighted by Gasteiger charge is 2.29. The van der Waals surface area contributed by atoms with Crippen molar-refractivity contribution >= 4 is 5.91 Å². The highest BCUT2D eigenvalue weighted by molar-refractivity contribution is 5.76. The van der Waals surface area contributed by atoms with E-state index in [0.717, 1.165) is 38.4 Å². The molecule has 0 radical (unpaired) electrons. The summed E-state index contributed by atoms with van der Waals surface area (Å²) in [5, 5.41) is 3.19. The second kappa shape index (κ2) is 7.96. The van der Waals surface area contributed by atoms with Crippen LogP contribution in [0.3, 0.4) is 0 Å². The van der Waals surface area contributed by atoms with Crippen molar-refractivity contribution in [3.05, 3.63) is 35.9 Å². The number of nitrogens with one attached hydrogen (secondary N) is 1. The van der Waals surface area contributed by atoms with Gasteiger partial charge in [-0.2, -0.15) is 0 Å². The number of piperidine rings is 1. The molecule has 2 aliphatic rings. The Morgan fingerprint density at radius 1 is 1.17 bits per heavy atom. The zero-order chi connectivity index (χ0) is 16.1. The summed E-state index contributed by atoms with van der Waals surface area (Å²) >= 11 is 0. The Morgan fingerprint density at radius 3 is 2.52 bits per heavy atom. The zero-order valence-corrected chi connectivity index (χ0v) is 14.3. The van der Waals surface area contributed by atoms with Crippen molar-refractivity contribution in [2.45, 2.75) is 51.5 Å². The van der Waals surface area contributed by atoms with Gasteiger partial charge in [-0.3, -0.25) is 4.79 Å². The van der Waals surface area contributed by atoms with Crippen LogP contribution in [0.15, 0.2) is 30.3 Å². The SMILES string of the molecule is CC(NC(=O)CC1CCN(CCc2ccccc2)CC1)C1CC1. The molecule has 1 N–H and O–H groups in total. The van der Waals surface area contributed by atoms with Crippen LogP contribution < -0.4 is 5.32 Å². The molecule has 126 valence electrons. The summed E-state index contributed by atoms with van der Waals surface area (Å²) in [6.45, 7) is 5.58. The van der Waals surface area contributed by atoms with Crippen molar-refractivity contribution in [1.82, 2.24) is 10.2 Å². The molecular formula is C20H30N2O. The fourth-order valence-electron chi connectivity index (χ4n) is 3.64. The van der Waals surface area contributed by atoms with Crippen LogP contribution in [0.4, 0.5) is 0 Å². The van der Waals surface area contributed by atoms with Gasteiger partial charge in [0.05, 0.1) is 0 Å². The molecule has 3 heteroatoms. The topological polar surface area (TPSA) is 32.3 Å². The predicted molar refractivity (Wildman–Crippen MR) is 94.3 cm³/mol. The molecule has 1 atom stereocenters. The van der Waals surface area contributed by atoms with Crippen LogP contribution in [0.25, 0.3) is 0 Å². The summed E-state index contributed by atoms with van der Waals surface area (Å²) in [7, 11) is 0. The van der Waals surface area contributed by atoms with E-state index in [1.165, 1.54) is 31.2 Å². The molecule has 0 aromatic heterocycles. The first-order chi connectivity index (χ1) is 11.2. The van der Waals surface area contributed by atoms with Crippen LogP contribution in [-0.4, -0.2) is 36.5 Å². The molecule has 1 saturated heterocycles. The van der Waals surface area contributed by atoms with E-state index < -0.39 is 0 Å². The van der Waals surface area contributed by atoms with E-state index in [-0.39, 0.29) is 5.91 Å². The van der Waals surface area contributed by atoms with Gasteiger partial charge in [-0.1, -0.05) is 30.3 Å². The minimum Gasteiger partial charge on any atom is -0.353 e. The molecular weight excluding hydrogens is 284 g/mol. The van der Waals surface area contributed by atoms with Crippen LogP contribution in [0.1, 0.15) is 44.6 Å². The minimum atomic E-state index is 0.270. The quantitative estimate of drug-likeness (QED) is 0.838. The summed E-state index contributed by atoms with van der Waals surface area (Å²) in [5.74, 6) is 1.60. The van der Waals surface area contributed by atoms with Crippen LogP contribution in [0.5, 0.6) is 0 Å². The number of likely N-dealkylation sites (tertiary alicyclic amines) is 1. The van der Waals surface area contributed by atoms with E-state index in [2.05, 4.69) is 47.5 Å². The number of nitrogens with zero attached hydrogens (tertiary/aromatic N) is 1. The van der Waals surface area contributed by atoms with Gasteiger partial charge in [0.2, 0.25) is 5.91 Å². The maximum absolute atomic E-state index is 12.1. The second-order valence-corrected chi connectivity index (χ2v) is 7.42. The van der Waals surface area contributed by atoms with Gasteiger partial charge < -0.3 is 10.2 Å². The number of hydrogen-bond donors (Lipinski definition) is 1. The molecule has 0 bridgehead atoms. The number of carbonyl (C=O) groups is 1. The van der Waals surface area contributed by atoms with Gasteiger partial charge in [0.25, 0.3) is 0 Å². The fraction of sp³-hybridized carbons (Fsp3) is 0.650. The Morgan fingerprint density at radius 2 is 1.87 bits per heavy atom. The highest BCUT2D eigenvalue weighted by atomic mass is 16.1. The number of hydrogen-bond acceptors (Lipinski definition) is 2. The number of benzene rings is 1. The first-order valence-electron chi connectivity index (χ1n) is 9.26. The van der Waals surface area contributed by atoms with Crippen molar-refractivity contribution in [3.8, 4) is 0 Å². The Labute approximate surface area is 140 Å².